The van der Waals surface area contributed by atoms with E-state index in [0.717, 1.165) is 11.0 Å². The Labute approximate surface area is 121 Å². The smallest absolute Gasteiger partial charge is 0.233 e. The highest BCUT2D eigenvalue weighted by Crippen LogP contribution is 2.35. The molecule has 0 spiro atoms. The Morgan fingerprint density at radius 2 is 1.76 bits per heavy atom. The zero-order valence-corrected chi connectivity index (χ0v) is 11.3. The maximum Gasteiger partial charge on any atom is 0.233 e. The molecule has 0 bridgehead atoms. The van der Waals surface area contributed by atoms with Gasteiger partial charge in [0, 0.05) is 5.56 Å². The number of imide groups is 1. The van der Waals surface area contributed by atoms with Gasteiger partial charge in [-0.25, -0.2) is 4.39 Å². The molecule has 1 aliphatic carbocycles. The van der Waals surface area contributed by atoms with E-state index >= 15 is 0 Å². The summed E-state index contributed by atoms with van der Waals surface area (Å²) in [6.07, 6.45) is 4.87. The van der Waals surface area contributed by atoms with Crippen LogP contribution < -0.4 is 0 Å². The van der Waals surface area contributed by atoms with Crippen molar-refractivity contribution in [2.24, 2.45) is 11.8 Å². The minimum absolute atomic E-state index is 0.170. The van der Waals surface area contributed by atoms with Gasteiger partial charge in [-0.2, -0.15) is 0 Å². The molecule has 4 nitrogen and oxygen atoms in total. The fraction of sp³-hybridized carbons (Fsp3) is 0.312. The molecule has 3 rings (SSSR count). The molecule has 0 aromatic heterocycles. The maximum atomic E-state index is 13.1. The highest BCUT2D eigenvalue weighted by molar-refractivity contribution is 6.10. The van der Waals surface area contributed by atoms with E-state index in [2.05, 4.69) is 0 Å². The molecule has 1 aromatic carbocycles. The molecule has 108 valence electrons. The van der Waals surface area contributed by atoms with E-state index in [9.17, 15) is 18.8 Å². The van der Waals surface area contributed by atoms with Crippen LogP contribution in [0.1, 0.15) is 23.2 Å². The van der Waals surface area contributed by atoms with Crippen LogP contribution in [0.25, 0.3) is 0 Å². The topological polar surface area (TPSA) is 54.5 Å². The summed E-state index contributed by atoms with van der Waals surface area (Å²) < 4.78 is 13.1. The molecule has 0 unspecified atom stereocenters. The van der Waals surface area contributed by atoms with Crippen molar-refractivity contribution >= 4 is 17.6 Å². The quantitative estimate of drug-likeness (QED) is 0.485. The second-order valence-corrected chi connectivity index (χ2v) is 5.35. The van der Waals surface area contributed by atoms with Crippen LogP contribution in [0.4, 0.5) is 4.39 Å². The summed E-state index contributed by atoms with van der Waals surface area (Å²) in [7, 11) is 0. The normalized spacial score (nSPS) is 24.3. The van der Waals surface area contributed by atoms with E-state index in [1.165, 1.54) is 18.2 Å². The van der Waals surface area contributed by atoms with Crippen LogP contribution in [0, 0.1) is 17.7 Å². The number of halogens is 1. The van der Waals surface area contributed by atoms with Crippen LogP contribution >= 0.6 is 0 Å². The molecule has 5 heteroatoms. The molecule has 1 aliphatic heterocycles. The molecule has 2 atom stereocenters. The number of carbonyl (C=O) groups is 3. The van der Waals surface area contributed by atoms with Gasteiger partial charge in [0.25, 0.3) is 0 Å². The molecule has 1 heterocycles. The molecule has 2 amide bonds. The number of hydrogen-bond donors (Lipinski definition) is 0. The summed E-state index contributed by atoms with van der Waals surface area (Å²) >= 11 is 0. The summed E-state index contributed by atoms with van der Waals surface area (Å²) in [6.45, 7) is -0.311. The van der Waals surface area contributed by atoms with Gasteiger partial charge < -0.3 is 0 Å². The number of benzene rings is 1. The molecule has 0 saturated carbocycles. The average molecular weight is 287 g/mol. The summed E-state index contributed by atoms with van der Waals surface area (Å²) in [6, 6.07) is 5.26. The Bertz CT molecular complexity index is 627. The molecule has 0 radical (unpaired) electrons. The van der Waals surface area contributed by atoms with Crippen LogP contribution in [0.2, 0.25) is 0 Å². The fourth-order valence-electron chi connectivity index (χ4n) is 2.92. The lowest BCUT2D eigenvalue weighted by molar-refractivity contribution is -0.139. The van der Waals surface area contributed by atoms with Crippen LogP contribution in [-0.4, -0.2) is 29.0 Å². The Hall–Kier alpha value is -2.30. The van der Waals surface area contributed by atoms with Crippen LogP contribution in [-0.2, 0) is 9.59 Å². The number of fused-ring (bicyclic) bond motifs is 1. The number of rotatable bonds is 3. The second-order valence-electron chi connectivity index (χ2n) is 5.35. The number of carbonyl (C=O) groups excluding carboxylic acids is 3. The minimum Gasteiger partial charge on any atom is -0.292 e. The first-order chi connectivity index (χ1) is 10.1. The molecule has 0 N–H and O–H groups in total. The third-order valence-corrected chi connectivity index (χ3v) is 4.05. The molecular weight excluding hydrogens is 273 g/mol. The number of Topliss-reactive ketones (excluding diaryl/α,β-unsaturated/α-hetero) is 1. The zero-order valence-electron chi connectivity index (χ0n) is 11.3. The van der Waals surface area contributed by atoms with Crippen molar-refractivity contribution < 1.29 is 18.8 Å². The van der Waals surface area contributed by atoms with Gasteiger partial charge in [0.2, 0.25) is 11.8 Å². The van der Waals surface area contributed by atoms with Crippen molar-refractivity contribution in [2.75, 3.05) is 6.54 Å². The van der Waals surface area contributed by atoms with Gasteiger partial charge in [-0.15, -0.1) is 0 Å². The van der Waals surface area contributed by atoms with E-state index in [1.54, 1.807) is 0 Å². The molecule has 21 heavy (non-hydrogen) atoms. The maximum absolute atomic E-state index is 13.1. The van der Waals surface area contributed by atoms with Crippen molar-refractivity contribution in [3.63, 3.8) is 0 Å². The number of ketones is 1. The highest BCUT2D eigenvalue weighted by atomic mass is 19.1. The van der Waals surface area contributed by atoms with Gasteiger partial charge in [0.1, 0.15) is 5.82 Å². The van der Waals surface area contributed by atoms with Gasteiger partial charge in [-0.3, -0.25) is 19.3 Å². The fourth-order valence-corrected chi connectivity index (χ4v) is 2.92. The van der Waals surface area contributed by atoms with Crippen LogP contribution in [0.3, 0.4) is 0 Å². The van der Waals surface area contributed by atoms with Gasteiger partial charge in [0.05, 0.1) is 18.4 Å². The predicted molar refractivity (Wildman–Crippen MR) is 72.8 cm³/mol. The number of amides is 2. The summed E-state index contributed by atoms with van der Waals surface area (Å²) in [5, 5.41) is 0. The zero-order chi connectivity index (χ0) is 15.0. The molecule has 1 saturated heterocycles. The molecule has 1 aromatic rings. The molecule has 1 fully saturated rings. The third-order valence-electron chi connectivity index (χ3n) is 4.05. The number of hydrogen-bond acceptors (Lipinski definition) is 3. The van der Waals surface area contributed by atoms with Crippen molar-refractivity contribution in [2.45, 2.75) is 12.8 Å². The third kappa shape index (κ3) is 2.39. The molecule has 2 aliphatic rings. The SMILES string of the molecule is O=C(CN1C(=O)[C@@H]2CC=CC[C@H]2C1=O)c1cccc(F)c1. The van der Waals surface area contributed by atoms with Crippen molar-refractivity contribution in [1.82, 2.24) is 4.90 Å². The van der Waals surface area contributed by atoms with Crippen LogP contribution in [0.5, 0.6) is 0 Å². The van der Waals surface area contributed by atoms with Gasteiger partial charge in [-0.1, -0.05) is 24.3 Å². The highest BCUT2D eigenvalue weighted by Gasteiger charge is 2.47. The summed E-state index contributed by atoms with van der Waals surface area (Å²) in [5.41, 5.74) is 0.170. The Kier molecular flexibility index (Phi) is 3.41. The lowest BCUT2D eigenvalue weighted by atomic mass is 9.85. The number of allylic oxidation sites excluding steroid dienone is 2. The monoisotopic (exact) mass is 287 g/mol. The Balaban J connectivity index is 1.78. The predicted octanol–water partition coefficient (Wildman–Crippen LogP) is 1.96. The lowest BCUT2D eigenvalue weighted by Gasteiger charge is -2.14. The van der Waals surface area contributed by atoms with Crippen molar-refractivity contribution in [3.8, 4) is 0 Å². The van der Waals surface area contributed by atoms with E-state index in [0.29, 0.717) is 12.8 Å². The summed E-state index contributed by atoms with van der Waals surface area (Å²) in [4.78, 5) is 37.6. The molecular formula is C16H14FNO3. The average Bonchev–Trinajstić information content (AvgIpc) is 2.73. The van der Waals surface area contributed by atoms with Crippen LogP contribution in [0.15, 0.2) is 36.4 Å². The second kappa shape index (κ2) is 5.24. The van der Waals surface area contributed by atoms with Crippen molar-refractivity contribution in [1.29, 1.82) is 0 Å². The summed E-state index contributed by atoms with van der Waals surface area (Å²) in [5.74, 6) is -2.22. The van der Waals surface area contributed by atoms with Gasteiger partial charge in [-0.05, 0) is 25.0 Å². The number of likely N-dealkylation sites (tertiary alicyclic amines) is 1. The Morgan fingerprint density at radius 1 is 1.14 bits per heavy atom. The van der Waals surface area contributed by atoms with Gasteiger partial charge in [0.15, 0.2) is 5.78 Å². The van der Waals surface area contributed by atoms with Crippen molar-refractivity contribution in [3.05, 3.63) is 47.8 Å². The first kappa shape index (κ1) is 13.7. The van der Waals surface area contributed by atoms with Gasteiger partial charge >= 0.3 is 0 Å². The largest absolute Gasteiger partial charge is 0.292 e. The van der Waals surface area contributed by atoms with E-state index < -0.39 is 11.6 Å². The van der Waals surface area contributed by atoms with E-state index in [4.69, 9.17) is 0 Å². The minimum atomic E-state index is -0.516. The van der Waals surface area contributed by atoms with E-state index in [-0.39, 0.29) is 35.8 Å². The lowest BCUT2D eigenvalue weighted by Crippen LogP contribution is -2.36. The first-order valence-corrected chi connectivity index (χ1v) is 6.87. The first-order valence-electron chi connectivity index (χ1n) is 6.87. The number of nitrogens with zero attached hydrogens (tertiary/aromatic N) is 1. The van der Waals surface area contributed by atoms with E-state index in [1.807, 2.05) is 12.2 Å². The standard InChI is InChI=1S/C16H14FNO3/c17-11-5-3-4-10(8-11)14(19)9-18-15(20)12-6-1-2-7-13(12)16(18)21/h1-5,8,12-13H,6-7,9H2/t12-,13-/m1/s1. The Morgan fingerprint density at radius 3 is 2.33 bits per heavy atom.